The number of fused-ring (bicyclic) bond motifs is 3. The Morgan fingerprint density at radius 1 is 0.971 bits per heavy atom. The molecule has 35 heavy (non-hydrogen) atoms. The number of carbonyl (C=O) groups is 3. The highest BCUT2D eigenvalue weighted by Crippen LogP contribution is 2.44. The van der Waals surface area contributed by atoms with E-state index in [0.29, 0.717) is 5.69 Å². The van der Waals surface area contributed by atoms with E-state index in [4.69, 9.17) is 21.4 Å². The average molecular weight is 493 g/mol. The van der Waals surface area contributed by atoms with E-state index in [1.165, 1.54) is 18.2 Å². The summed E-state index contributed by atoms with van der Waals surface area (Å²) in [7, 11) is 0. The molecule has 180 valence electrons. The molecule has 8 heteroatoms. The summed E-state index contributed by atoms with van der Waals surface area (Å²) in [6.45, 7) is 3.61. The van der Waals surface area contributed by atoms with Gasteiger partial charge in [0.1, 0.15) is 6.61 Å². The molecule has 1 aliphatic rings. The molecule has 2 amide bonds. The van der Waals surface area contributed by atoms with Crippen LogP contribution in [-0.2, 0) is 9.53 Å². The number of carboxylic acids is 1. The van der Waals surface area contributed by atoms with Crippen LogP contribution < -0.4 is 10.6 Å². The third-order valence-corrected chi connectivity index (χ3v) is 6.18. The van der Waals surface area contributed by atoms with Crippen LogP contribution in [0.2, 0.25) is 5.02 Å². The molecule has 0 unspecified atom stereocenters. The zero-order valence-corrected chi connectivity index (χ0v) is 20.1. The number of hydrogen-bond donors (Lipinski definition) is 3. The van der Waals surface area contributed by atoms with Crippen molar-refractivity contribution in [2.24, 2.45) is 0 Å². The molecule has 0 saturated carbocycles. The number of anilines is 1. The van der Waals surface area contributed by atoms with E-state index >= 15 is 0 Å². The monoisotopic (exact) mass is 492 g/mol. The number of nitrogens with one attached hydrogen (secondary N) is 2. The van der Waals surface area contributed by atoms with Gasteiger partial charge in [0.05, 0.1) is 10.6 Å². The summed E-state index contributed by atoms with van der Waals surface area (Å²) >= 11 is 5.96. The van der Waals surface area contributed by atoms with Gasteiger partial charge in [-0.25, -0.2) is 9.59 Å². The summed E-state index contributed by atoms with van der Waals surface area (Å²) < 4.78 is 5.57. The molecule has 3 aromatic carbocycles. The van der Waals surface area contributed by atoms with Gasteiger partial charge < -0.3 is 20.5 Å². The fourth-order valence-corrected chi connectivity index (χ4v) is 4.59. The highest BCUT2D eigenvalue weighted by Gasteiger charge is 2.30. The van der Waals surface area contributed by atoms with Crippen LogP contribution in [0.3, 0.4) is 0 Å². The van der Waals surface area contributed by atoms with E-state index in [9.17, 15) is 14.4 Å². The molecular formula is C27H25ClN2O5. The lowest BCUT2D eigenvalue weighted by molar-refractivity contribution is -0.117. The minimum atomic E-state index is -1.15. The van der Waals surface area contributed by atoms with Crippen molar-refractivity contribution in [3.63, 3.8) is 0 Å². The molecule has 1 aliphatic carbocycles. The van der Waals surface area contributed by atoms with E-state index < -0.39 is 17.6 Å². The van der Waals surface area contributed by atoms with Gasteiger partial charge in [0.15, 0.2) is 0 Å². The Morgan fingerprint density at radius 2 is 1.57 bits per heavy atom. The molecule has 3 aromatic rings. The molecule has 0 atom stereocenters. The molecule has 0 aliphatic heterocycles. The van der Waals surface area contributed by atoms with Gasteiger partial charge >= 0.3 is 12.1 Å². The largest absolute Gasteiger partial charge is 0.478 e. The van der Waals surface area contributed by atoms with Gasteiger partial charge in [-0.05, 0) is 54.3 Å². The van der Waals surface area contributed by atoms with Gasteiger partial charge in [-0.3, -0.25) is 4.79 Å². The van der Waals surface area contributed by atoms with E-state index in [1.807, 2.05) is 36.4 Å². The predicted molar refractivity (Wildman–Crippen MR) is 134 cm³/mol. The lowest BCUT2D eigenvalue weighted by atomic mass is 9.98. The zero-order chi connectivity index (χ0) is 25.2. The Morgan fingerprint density at radius 3 is 2.14 bits per heavy atom. The molecule has 0 saturated heterocycles. The summed E-state index contributed by atoms with van der Waals surface area (Å²) in [6, 6.07) is 20.3. The Balaban J connectivity index is 1.34. The van der Waals surface area contributed by atoms with Crippen LogP contribution >= 0.6 is 11.6 Å². The quantitative estimate of drug-likeness (QED) is 0.393. The molecule has 0 heterocycles. The maximum absolute atomic E-state index is 12.6. The molecule has 3 N–H and O–H groups in total. The van der Waals surface area contributed by atoms with Gasteiger partial charge in [-0.15, -0.1) is 0 Å². The predicted octanol–water partition coefficient (Wildman–Crippen LogP) is 5.68. The van der Waals surface area contributed by atoms with E-state index in [1.54, 1.807) is 13.8 Å². The Labute approximate surface area is 208 Å². The van der Waals surface area contributed by atoms with Crippen LogP contribution in [0.15, 0.2) is 66.7 Å². The molecule has 0 radical (unpaired) electrons. The van der Waals surface area contributed by atoms with Crippen LogP contribution in [0.25, 0.3) is 11.1 Å². The van der Waals surface area contributed by atoms with Crippen molar-refractivity contribution in [1.82, 2.24) is 5.32 Å². The first-order valence-electron chi connectivity index (χ1n) is 11.1. The topological polar surface area (TPSA) is 105 Å². The number of benzene rings is 3. The van der Waals surface area contributed by atoms with Gasteiger partial charge in [0.2, 0.25) is 5.91 Å². The first-order chi connectivity index (χ1) is 16.6. The van der Waals surface area contributed by atoms with Crippen molar-refractivity contribution in [2.45, 2.75) is 31.7 Å². The maximum Gasteiger partial charge on any atom is 0.407 e. The summed E-state index contributed by atoms with van der Waals surface area (Å²) in [4.78, 5) is 36.2. The maximum atomic E-state index is 12.6. The van der Waals surface area contributed by atoms with Crippen LogP contribution in [0, 0.1) is 0 Å². The third-order valence-electron chi connectivity index (χ3n) is 5.87. The number of amides is 2. The standard InChI is InChI=1S/C27H25ClN2O5/c1-27(2,14-24(31)29-16-11-12-21(25(32)33)23(28)13-16)30-26(34)35-15-22-19-9-5-3-7-17(19)18-8-4-6-10-20(18)22/h3-13,22H,14-15H2,1-2H3,(H,29,31)(H,30,34)(H,32,33). The van der Waals surface area contributed by atoms with Crippen LogP contribution in [0.4, 0.5) is 10.5 Å². The zero-order valence-electron chi connectivity index (χ0n) is 19.3. The second-order valence-electron chi connectivity index (χ2n) is 9.06. The summed E-state index contributed by atoms with van der Waals surface area (Å²) in [5.74, 6) is -1.58. The second-order valence-corrected chi connectivity index (χ2v) is 9.47. The lowest BCUT2D eigenvalue weighted by Gasteiger charge is -2.26. The fraction of sp³-hybridized carbons (Fsp3) is 0.222. The first-order valence-corrected chi connectivity index (χ1v) is 11.5. The van der Waals surface area contributed by atoms with Gasteiger partial charge in [-0.2, -0.15) is 0 Å². The first kappa shape index (κ1) is 24.3. The van der Waals surface area contributed by atoms with Crippen LogP contribution in [-0.4, -0.2) is 35.2 Å². The summed E-state index contributed by atoms with van der Waals surface area (Å²) in [5.41, 5.74) is 3.94. The number of halogens is 1. The summed E-state index contributed by atoms with van der Waals surface area (Å²) in [6.07, 6.45) is -0.645. The SMILES string of the molecule is CC(C)(CC(=O)Nc1ccc(C(=O)O)c(Cl)c1)NC(=O)OCC1c2ccccc2-c2ccccc21. The number of carboxylic acid groups (broad SMARTS) is 1. The molecule has 4 rings (SSSR count). The minimum absolute atomic E-state index is 0.0197. The highest BCUT2D eigenvalue weighted by molar-refractivity contribution is 6.33. The van der Waals surface area contributed by atoms with Crippen molar-refractivity contribution < 1.29 is 24.2 Å². The van der Waals surface area contributed by atoms with Crippen molar-refractivity contribution in [2.75, 3.05) is 11.9 Å². The van der Waals surface area contributed by atoms with E-state index in [2.05, 4.69) is 22.8 Å². The smallest absolute Gasteiger partial charge is 0.407 e. The Hall–Kier alpha value is -3.84. The normalized spacial score (nSPS) is 12.4. The Bertz CT molecular complexity index is 1260. The molecule has 0 aromatic heterocycles. The number of alkyl carbamates (subject to hydrolysis) is 1. The second kappa shape index (κ2) is 9.80. The van der Waals surface area contributed by atoms with Crippen molar-refractivity contribution in [1.29, 1.82) is 0 Å². The average Bonchev–Trinajstić information content (AvgIpc) is 3.10. The third kappa shape index (κ3) is 5.46. The molecule has 0 bridgehead atoms. The molecule has 0 fully saturated rings. The number of ether oxygens (including phenoxy) is 1. The molecular weight excluding hydrogens is 468 g/mol. The van der Waals surface area contributed by atoms with Gasteiger partial charge in [0.25, 0.3) is 0 Å². The number of aromatic carboxylic acids is 1. The molecule has 0 spiro atoms. The minimum Gasteiger partial charge on any atom is -0.478 e. The molecule has 7 nitrogen and oxygen atoms in total. The lowest BCUT2D eigenvalue weighted by Crippen LogP contribution is -2.46. The number of carbonyl (C=O) groups excluding carboxylic acids is 2. The Kier molecular flexibility index (Phi) is 6.80. The van der Waals surface area contributed by atoms with Crippen molar-refractivity contribution in [3.05, 3.63) is 88.4 Å². The van der Waals surface area contributed by atoms with Crippen molar-refractivity contribution in [3.8, 4) is 11.1 Å². The number of rotatable bonds is 7. The van der Waals surface area contributed by atoms with Crippen LogP contribution in [0.5, 0.6) is 0 Å². The summed E-state index contributed by atoms with van der Waals surface area (Å²) in [5, 5.41) is 14.5. The van der Waals surface area contributed by atoms with Crippen LogP contribution in [0.1, 0.15) is 47.7 Å². The van der Waals surface area contributed by atoms with E-state index in [-0.39, 0.29) is 35.4 Å². The van der Waals surface area contributed by atoms with Gasteiger partial charge in [-0.1, -0.05) is 60.1 Å². The highest BCUT2D eigenvalue weighted by atomic mass is 35.5. The fourth-order valence-electron chi connectivity index (χ4n) is 4.33. The number of hydrogen-bond acceptors (Lipinski definition) is 4. The van der Waals surface area contributed by atoms with E-state index in [0.717, 1.165) is 22.3 Å². The van der Waals surface area contributed by atoms with Gasteiger partial charge in [0, 0.05) is 23.6 Å². The van der Waals surface area contributed by atoms with Crippen molar-refractivity contribution >= 4 is 35.3 Å².